The van der Waals surface area contributed by atoms with Crippen molar-refractivity contribution in [2.24, 2.45) is 0 Å². The number of sulfonamides is 1. The van der Waals surface area contributed by atoms with Crippen LogP contribution in [0.1, 0.15) is 59.9 Å². The van der Waals surface area contributed by atoms with Crippen LogP contribution in [0.3, 0.4) is 0 Å². The number of nitrogens with zero attached hydrogens (tertiary/aromatic N) is 2. The van der Waals surface area contributed by atoms with E-state index < -0.39 is 28.5 Å². The van der Waals surface area contributed by atoms with E-state index in [1.54, 1.807) is 17.0 Å². The maximum atomic E-state index is 14.4. The first-order valence-electron chi connectivity index (χ1n) is 14.8. The Morgan fingerprint density at radius 3 is 2.17 bits per heavy atom. The molecule has 224 valence electrons. The van der Waals surface area contributed by atoms with Crippen LogP contribution in [-0.2, 0) is 32.6 Å². The maximum absolute atomic E-state index is 14.4. The fraction of sp³-hybridized carbons (Fsp3) is 0.412. The summed E-state index contributed by atoms with van der Waals surface area (Å²) in [6.45, 7) is 5.53. The minimum absolute atomic E-state index is 0.0717. The van der Waals surface area contributed by atoms with Crippen LogP contribution < -0.4 is 9.62 Å². The summed E-state index contributed by atoms with van der Waals surface area (Å²) in [6, 6.07) is 22.1. The van der Waals surface area contributed by atoms with Gasteiger partial charge in [0.25, 0.3) is 0 Å². The quantitative estimate of drug-likeness (QED) is 0.322. The van der Waals surface area contributed by atoms with Crippen LogP contribution in [0.2, 0.25) is 0 Å². The zero-order chi connectivity index (χ0) is 30.3. The van der Waals surface area contributed by atoms with Gasteiger partial charge >= 0.3 is 0 Å². The van der Waals surface area contributed by atoms with Gasteiger partial charge in [-0.3, -0.25) is 13.9 Å². The molecule has 0 aromatic heterocycles. The molecule has 7 nitrogen and oxygen atoms in total. The Morgan fingerprint density at radius 1 is 0.857 bits per heavy atom. The lowest BCUT2D eigenvalue weighted by Crippen LogP contribution is -2.55. The summed E-state index contributed by atoms with van der Waals surface area (Å²) in [6.07, 6.45) is 6.58. The fourth-order valence-corrected chi connectivity index (χ4v) is 6.57. The Balaban J connectivity index is 1.75. The number of hydrogen-bond donors (Lipinski definition) is 1. The lowest BCUT2D eigenvalue weighted by Gasteiger charge is -2.35. The van der Waals surface area contributed by atoms with E-state index in [9.17, 15) is 18.0 Å². The van der Waals surface area contributed by atoms with Gasteiger partial charge in [0.2, 0.25) is 21.8 Å². The van der Waals surface area contributed by atoms with Gasteiger partial charge in [-0.05, 0) is 67.5 Å². The number of nitrogens with one attached hydrogen (secondary N) is 1. The summed E-state index contributed by atoms with van der Waals surface area (Å²) in [5.74, 6) is -0.630. The Kier molecular flexibility index (Phi) is 10.4. The second kappa shape index (κ2) is 14.0. The second-order valence-corrected chi connectivity index (χ2v) is 13.4. The molecule has 42 heavy (non-hydrogen) atoms. The van der Waals surface area contributed by atoms with E-state index in [1.165, 1.54) is 4.31 Å². The predicted octanol–water partition coefficient (Wildman–Crippen LogP) is 5.47. The predicted molar refractivity (Wildman–Crippen MR) is 169 cm³/mol. The fourth-order valence-electron chi connectivity index (χ4n) is 5.67. The number of amides is 2. The third kappa shape index (κ3) is 8.00. The molecule has 1 atom stereocenters. The van der Waals surface area contributed by atoms with E-state index in [1.807, 2.05) is 81.4 Å². The van der Waals surface area contributed by atoms with Crippen molar-refractivity contribution in [3.8, 4) is 0 Å². The van der Waals surface area contributed by atoms with Gasteiger partial charge in [-0.25, -0.2) is 8.42 Å². The average molecular weight is 590 g/mol. The first kappa shape index (κ1) is 31.3. The van der Waals surface area contributed by atoms with Gasteiger partial charge < -0.3 is 10.2 Å². The second-order valence-electron chi connectivity index (χ2n) is 11.5. The van der Waals surface area contributed by atoms with E-state index in [-0.39, 0.29) is 18.5 Å². The minimum atomic E-state index is -3.81. The first-order valence-corrected chi connectivity index (χ1v) is 16.6. The molecule has 0 heterocycles. The van der Waals surface area contributed by atoms with Crippen molar-refractivity contribution >= 4 is 27.5 Å². The maximum Gasteiger partial charge on any atom is 0.244 e. The van der Waals surface area contributed by atoms with Crippen LogP contribution in [0.15, 0.2) is 72.8 Å². The highest BCUT2D eigenvalue weighted by Gasteiger charge is 2.34. The number of benzene rings is 3. The molecule has 0 unspecified atom stereocenters. The largest absolute Gasteiger partial charge is 0.352 e. The molecule has 0 bridgehead atoms. The van der Waals surface area contributed by atoms with E-state index in [2.05, 4.69) is 5.32 Å². The topological polar surface area (TPSA) is 86.8 Å². The summed E-state index contributed by atoms with van der Waals surface area (Å²) in [7, 11) is -3.81. The SMILES string of the molecule is Cc1ccccc1CN(C(=O)CN(c1cccc(C)c1C)S(C)(=O)=O)[C@@H](Cc1ccccc1)C(=O)NC1CCCCC1. The highest BCUT2D eigenvalue weighted by atomic mass is 32.2. The summed E-state index contributed by atoms with van der Waals surface area (Å²) in [5.41, 5.74) is 5.02. The van der Waals surface area contributed by atoms with Gasteiger partial charge in [0, 0.05) is 19.0 Å². The Labute approximate surface area is 251 Å². The zero-order valence-corrected chi connectivity index (χ0v) is 26.0. The molecule has 3 aromatic rings. The van der Waals surface area contributed by atoms with Crippen LogP contribution in [0.5, 0.6) is 0 Å². The van der Waals surface area contributed by atoms with Crippen molar-refractivity contribution in [1.29, 1.82) is 0 Å². The van der Waals surface area contributed by atoms with Gasteiger partial charge in [0.1, 0.15) is 12.6 Å². The van der Waals surface area contributed by atoms with Crippen molar-refractivity contribution < 1.29 is 18.0 Å². The third-order valence-electron chi connectivity index (χ3n) is 8.35. The highest BCUT2D eigenvalue weighted by Crippen LogP contribution is 2.26. The molecular formula is C34H43N3O4S. The van der Waals surface area contributed by atoms with Crippen LogP contribution in [0, 0.1) is 20.8 Å². The lowest BCUT2D eigenvalue weighted by atomic mass is 9.94. The van der Waals surface area contributed by atoms with Gasteiger partial charge in [-0.2, -0.15) is 0 Å². The Bertz CT molecular complexity index is 1480. The summed E-state index contributed by atoms with van der Waals surface area (Å²) in [5, 5.41) is 3.24. The molecule has 1 aliphatic carbocycles. The lowest BCUT2D eigenvalue weighted by molar-refractivity contribution is -0.140. The van der Waals surface area contributed by atoms with Crippen LogP contribution in [0.25, 0.3) is 0 Å². The van der Waals surface area contributed by atoms with Gasteiger partial charge in [-0.15, -0.1) is 0 Å². The summed E-state index contributed by atoms with van der Waals surface area (Å²) in [4.78, 5) is 30.0. The molecule has 0 spiro atoms. The molecule has 0 radical (unpaired) electrons. The van der Waals surface area contributed by atoms with Crippen molar-refractivity contribution in [2.45, 2.75) is 77.9 Å². The van der Waals surface area contributed by atoms with Gasteiger partial charge in [0.05, 0.1) is 11.9 Å². The molecule has 1 fully saturated rings. The van der Waals surface area contributed by atoms with Crippen molar-refractivity contribution in [2.75, 3.05) is 17.1 Å². The van der Waals surface area contributed by atoms with E-state index in [0.29, 0.717) is 12.1 Å². The molecule has 8 heteroatoms. The van der Waals surface area contributed by atoms with E-state index >= 15 is 0 Å². The molecular weight excluding hydrogens is 546 g/mol. The van der Waals surface area contributed by atoms with Crippen LogP contribution in [0.4, 0.5) is 5.69 Å². The molecule has 1 aliphatic rings. The standard InChI is InChI=1S/C34H43N3O4S/c1-25-15-13-21-31(27(25)3)37(42(4,40)41)24-33(38)36(23-29-18-12-11-14-26(29)2)32(22-28-16-7-5-8-17-28)34(39)35-30-19-9-6-10-20-30/h5,7-8,11-18,21,30,32H,6,9-10,19-20,22-24H2,1-4H3,(H,35,39)/t32-/m0/s1. The molecule has 4 rings (SSSR count). The monoisotopic (exact) mass is 589 g/mol. The van der Waals surface area contributed by atoms with Crippen molar-refractivity contribution in [3.63, 3.8) is 0 Å². The molecule has 1 N–H and O–H groups in total. The zero-order valence-electron chi connectivity index (χ0n) is 25.2. The van der Waals surface area contributed by atoms with Crippen LogP contribution in [-0.4, -0.2) is 50.0 Å². The highest BCUT2D eigenvalue weighted by molar-refractivity contribution is 7.92. The number of aryl methyl sites for hydroxylation is 2. The number of carbonyl (C=O) groups is 2. The molecule has 0 saturated heterocycles. The number of anilines is 1. The van der Waals surface area contributed by atoms with E-state index in [0.717, 1.165) is 66.2 Å². The summed E-state index contributed by atoms with van der Waals surface area (Å²) < 4.78 is 27.4. The Hall–Kier alpha value is -3.65. The third-order valence-corrected chi connectivity index (χ3v) is 9.47. The Morgan fingerprint density at radius 2 is 1.50 bits per heavy atom. The summed E-state index contributed by atoms with van der Waals surface area (Å²) >= 11 is 0. The minimum Gasteiger partial charge on any atom is -0.352 e. The number of rotatable bonds is 11. The normalized spacial score (nSPS) is 14.7. The number of carbonyl (C=O) groups excluding carboxylic acids is 2. The molecule has 3 aromatic carbocycles. The van der Waals surface area contributed by atoms with Crippen LogP contribution >= 0.6 is 0 Å². The van der Waals surface area contributed by atoms with Gasteiger partial charge in [0.15, 0.2) is 0 Å². The average Bonchev–Trinajstić information content (AvgIpc) is 2.96. The number of hydrogen-bond acceptors (Lipinski definition) is 4. The molecule has 2 amide bonds. The first-order chi connectivity index (χ1) is 20.0. The smallest absolute Gasteiger partial charge is 0.244 e. The van der Waals surface area contributed by atoms with Crippen molar-refractivity contribution in [3.05, 3.63) is 101 Å². The van der Waals surface area contributed by atoms with Gasteiger partial charge in [-0.1, -0.05) is 86.0 Å². The molecule has 1 saturated carbocycles. The van der Waals surface area contributed by atoms with E-state index in [4.69, 9.17) is 0 Å². The molecule has 0 aliphatic heterocycles. The van der Waals surface area contributed by atoms with Crippen molar-refractivity contribution in [1.82, 2.24) is 10.2 Å².